The minimum atomic E-state index is -0.949. The molecule has 0 fully saturated rings. The molecule has 3 nitrogen and oxygen atoms in total. The average molecular weight is 204 g/mol. The van der Waals surface area contributed by atoms with Crippen LogP contribution in [0.4, 0.5) is 0 Å². The zero-order chi connectivity index (χ0) is 10.8. The van der Waals surface area contributed by atoms with Gasteiger partial charge in [-0.1, -0.05) is 24.8 Å². The predicted octanol–water partition coefficient (Wildman–Crippen LogP) is 2.02. The lowest BCUT2D eigenvalue weighted by Gasteiger charge is -2.09. The van der Waals surface area contributed by atoms with Crippen molar-refractivity contribution in [2.45, 2.75) is 18.9 Å². The second kappa shape index (κ2) is 3.77. The second-order valence-corrected chi connectivity index (χ2v) is 3.66. The maximum absolute atomic E-state index is 10.6. The topological polar surface area (TPSA) is 46.5 Å². The molecule has 1 aromatic carbocycles. The largest absolute Gasteiger partial charge is 0.489 e. The molecule has 0 spiro atoms. The Morgan fingerprint density at radius 2 is 2.27 bits per heavy atom. The van der Waals surface area contributed by atoms with Crippen LogP contribution >= 0.6 is 0 Å². The van der Waals surface area contributed by atoms with Gasteiger partial charge in [0.1, 0.15) is 11.9 Å². The van der Waals surface area contributed by atoms with Crippen molar-refractivity contribution >= 4 is 5.97 Å². The van der Waals surface area contributed by atoms with Crippen LogP contribution in [0, 0.1) is 0 Å². The lowest BCUT2D eigenvalue weighted by atomic mass is 10.0. The molecule has 1 atom stereocenters. The normalized spacial score (nSPS) is 18.0. The van der Waals surface area contributed by atoms with Crippen LogP contribution in [0.1, 0.15) is 12.0 Å². The Labute approximate surface area is 88.0 Å². The highest BCUT2D eigenvalue weighted by Gasteiger charge is 2.24. The number of aliphatic carboxylic acids is 1. The fourth-order valence-electron chi connectivity index (χ4n) is 1.73. The lowest BCUT2D eigenvalue weighted by Crippen LogP contribution is -2.16. The van der Waals surface area contributed by atoms with Crippen LogP contribution in [0.15, 0.2) is 36.4 Å². The van der Waals surface area contributed by atoms with Crippen LogP contribution < -0.4 is 4.74 Å². The van der Waals surface area contributed by atoms with E-state index < -0.39 is 5.97 Å². The van der Waals surface area contributed by atoms with Gasteiger partial charge in [-0.25, -0.2) is 4.79 Å². The van der Waals surface area contributed by atoms with Crippen molar-refractivity contribution in [1.29, 1.82) is 0 Å². The van der Waals surface area contributed by atoms with Crippen LogP contribution in [0.2, 0.25) is 0 Å². The highest BCUT2D eigenvalue weighted by Crippen LogP contribution is 2.30. The minimum Gasteiger partial charge on any atom is -0.489 e. The van der Waals surface area contributed by atoms with E-state index in [1.165, 1.54) is 0 Å². The summed E-state index contributed by atoms with van der Waals surface area (Å²) in [4.78, 5) is 10.6. The van der Waals surface area contributed by atoms with Gasteiger partial charge < -0.3 is 9.84 Å². The molecular weight excluding hydrogens is 192 g/mol. The molecular formula is C12H12O3. The molecule has 0 aromatic heterocycles. The Balaban J connectivity index is 2.02. The van der Waals surface area contributed by atoms with Crippen molar-refractivity contribution in [1.82, 2.24) is 0 Å². The summed E-state index contributed by atoms with van der Waals surface area (Å²) in [6, 6.07) is 7.77. The van der Waals surface area contributed by atoms with Crippen molar-refractivity contribution in [3.8, 4) is 5.75 Å². The molecule has 1 aliphatic rings. The number of benzene rings is 1. The Morgan fingerprint density at radius 3 is 2.93 bits per heavy atom. The van der Waals surface area contributed by atoms with E-state index in [0.29, 0.717) is 6.42 Å². The molecule has 1 unspecified atom stereocenters. The van der Waals surface area contributed by atoms with E-state index in [0.717, 1.165) is 17.7 Å². The molecule has 78 valence electrons. The van der Waals surface area contributed by atoms with Crippen LogP contribution in [0.25, 0.3) is 0 Å². The van der Waals surface area contributed by atoms with Gasteiger partial charge in [-0.2, -0.15) is 0 Å². The van der Waals surface area contributed by atoms with E-state index in [1.54, 1.807) is 0 Å². The maximum Gasteiger partial charge on any atom is 0.331 e. The average Bonchev–Trinajstić information content (AvgIpc) is 2.59. The van der Waals surface area contributed by atoms with Gasteiger partial charge in [0.25, 0.3) is 0 Å². The van der Waals surface area contributed by atoms with Crippen molar-refractivity contribution in [2.75, 3.05) is 0 Å². The van der Waals surface area contributed by atoms with Crippen molar-refractivity contribution in [3.05, 3.63) is 42.0 Å². The number of rotatable bonds is 3. The summed E-state index contributed by atoms with van der Waals surface area (Å²) in [5, 5.41) is 8.70. The maximum atomic E-state index is 10.6. The number of hydrogen-bond acceptors (Lipinski definition) is 2. The summed E-state index contributed by atoms with van der Waals surface area (Å²) in [5.41, 5.74) is 1.34. The summed E-state index contributed by atoms with van der Waals surface area (Å²) in [6.07, 6.45) is 1.07. The molecule has 3 heteroatoms. The fraction of sp³-hybridized carbons (Fsp3) is 0.250. The van der Waals surface area contributed by atoms with Gasteiger partial charge >= 0.3 is 5.97 Å². The van der Waals surface area contributed by atoms with Crippen LogP contribution in [-0.4, -0.2) is 17.2 Å². The third-order valence-corrected chi connectivity index (χ3v) is 2.49. The smallest absolute Gasteiger partial charge is 0.331 e. The highest BCUT2D eigenvalue weighted by molar-refractivity contribution is 5.85. The van der Waals surface area contributed by atoms with E-state index in [-0.39, 0.29) is 11.7 Å². The molecule has 0 saturated carbocycles. The van der Waals surface area contributed by atoms with Gasteiger partial charge in [0.05, 0.1) is 0 Å². The standard InChI is InChI=1S/C12H12O3/c1-8(12(13)14)6-10-7-9-4-2-3-5-11(9)15-10/h2-5,10H,1,6-7H2,(H,13,14). The van der Waals surface area contributed by atoms with Crippen molar-refractivity contribution in [3.63, 3.8) is 0 Å². The number of fused-ring (bicyclic) bond motifs is 1. The predicted molar refractivity (Wildman–Crippen MR) is 56.0 cm³/mol. The zero-order valence-corrected chi connectivity index (χ0v) is 8.27. The number of carboxylic acids is 1. The van der Waals surface area contributed by atoms with Crippen molar-refractivity contribution < 1.29 is 14.6 Å². The molecule has 0 saturated heterocycles. The quantitative estimate of drug-likeness (QED) is 0.766. The van der Waals surface area contributed by atoms with E-state index >= 15 is 0 Å². The van der Waals surface area contributed by atoms with Crippen LogP contribution in [0.5, 0.6) is 5.75 Å². The van der Waals surface area contributed by atoms with Gasteiger partial charge in [0.2, 0.25) is 0 Å². The van der Waals surface area contributed by atoms with Gasteiger partial charge in [-0.15, -0.1) is 0 Å². The van der Waals surface area contributed by atoms with E-state index in [4.69, 9.17) is 9.84 Å². The SMILES string of the molecule is C=C(CC1Cc2ccccc2O1)C(=O)O. The molecule has 15 heavy (non-hydrogen) atoms. The monoisotopic (exact) mass is 204 g/mol. The molecule has 0 amide bonds. The van der Waals surface area contributed by atoms with E-state index in [9.17, 15) is 4.79 Å². The molecule has 1 aliphatic heterocycles. The van der Waals surface area contributed by atoms with Gasteiger partial charge in [-0.3, -0.25) is 0 Å². The first kappa shape index (κ1) is 9.77. The van der Waals surface area contributed by atoms with Crippen LogP contribution in [0.3, 0.4) is 0 Å². The Kier molecular flexibility index (Phi) is 2.46. The van der Waals surface area contributed by atoms with Gasteiger partial charge in [-0.05, 0) is 11.6 Å². The molecule has 1 aromatic rings. The zero-order valence-electron chi connectivity index (χ0n) is 8.27. The molecule has 0 aliphatic carbocycles. The molecule has 1 N–H and O–H groups in total. The first-order valence-corrected chi connectivity index (χ1v) is 4.82. The minimum absolute atomic E-state index is 0.0778. The third-order valence-electron chi connectivity index (χ3n) is 2.49. The summed E-state index contributed by atoms with van der Waals surface area (Å²) in [5.74, 6) is -0.0877. The number of carbonyl (C=O) groups is 1. The number of hydrogen-bond donors (Lipinski definition) is 1. The van der Waals surface area contributed by atoms with Crippen LogP contribution in [-0.2, 0) is 11.2 Å². The first-order chi connectivity index (χ1) is 7.16. The summed E-state index contributed by atoms with van der Waals surface area (Å²) in [6.45, 7) is 3.50. The van der Waals surface area contributed by atoms with E-state index in [2.05, 4.69) is 6.58 Å². The third kappa shape index (κ3) is 2.01. The Bertz CT molecular complexity index is 384. The Morgan fingerprint density at radius 1 is 1.53 bits per heavy atom. The molecule has 0 radical (unpaired) electrons. The molecule has 0 bridgehead atoms. The highest BCUT2D eigenvalue weighted by atomic mass is 16.5. The van der Waals surface area contributed by atoms with Gasteiger partial charge in [0, 0.05) is 18.4 Å². The fourth-order valence-corrected chi connectivity index (χ4v) is 1.73. The summed E-state index contributed by atoms with van der Waals surface area (Å²) >= 11 is 0. The Hall–Kier alpha value is -1.77. The molecule has 2 rings (SSSR count). The van der Waals surface area contributed by atoms with E-state index in [1.807, 2.05) is 24.3 Å². The van der Waals surface area contributed by atoms with Gasteiger partial charge in [0.15, 0.2) is 0 Å². The lowest BCUT2D eigenvalue weighted by molar-refractivity contribution is -0.133. The van der Waals surface area contributed by atoms with Crippen molar-refractivity contribution in [2.24, 2.45) is 0 Å². The number of carboxylic acid groups (broad SMARTS) is 1. The molecule has 1 heterocycles. The number of ether oxygens (including phenoxy) is 1. The summed E-state index contributed by atoms with van der Waals surface area (Å²) < 4.78 is 5.60. The summed E-state index contributed by atoms with van der Waals surface area (Å²) in [7, 11) is 0. The second-order valence-electron chi connectivity index (χ2n) is 3.66. The first-order valence-electron chi connectivity index (χ1n) is 4.82. The number of para-hydroxylation sites is 1.